The third kappa shape index (κ3) is 3.85. The second-order valence-corrected chi connectivity index (χ2v) is 3.80. The Bertz CT molecular complexity index is 364. The van der Waals surface area contributed by atoms with Crippen molar-refractivity contribution >= 4 is 12.4 Å². The summed E-state index contributed by atoms with van der Waals surface area (Å²) in [5.41, 5.74) is 0. The van der Waals surface area contributed by atoms with Crippen molar-refractivity contribution in [3.63, 3.8) is 0 Å². The number of aromatic nitrogens is 3. The Balaban J connectivity index is 0.00000144. The lowest BCUT2D eigenvalue weighted by molar-refractivity contribution is -0.134. The molecule has 1 aliphatic heterocycles. The van der Waals surface area contributed by atoms with Gasteiger partial charge in [-0.15, -0.1) is 22.6 Å². The van der Waals surface area contributed by atoms with Gasteiger partial charge in [0.2, 0.25) is 0 Å². The molecule has 0 spiro atoms. The molecule has 0 radical (unpaired) electrons. The van der Waals surface area contributed by atoms with Gasteiger partial charge in [0.25, 0.3) is 0 Å². The molecule has 0 saturated heterocycles. The van der Waals surface area contributed by atoms with Crippen molar-refractivity contribution in [3.05, 3.63) is 11.6 Å². The van der Waals surface area contributed by atoms with Gasteiger partial charge in [0, 0.05) is 32.5 Å². The van der Waals surface area contributed by atoms with Gasteiger partial charge < -0.3 is 9.88 Å². The summed E-state index contributed by atoms with van der Waals surface area (Å²) < 4.78 is 38.1. The summed E-state index contributed by atoms with van der Waals surface area (Å²) >= 11 is 0. The molecule has 0 fully saturated rings. The van der Waals surface area contributed by atoms with Gasteiger partial charge in [0.05, 0.1) is 6.42 Å². The van der Waals surface area contributed by atoms with Crippen molar-refractivity contribution in [3.8, 4) is 0 Å². The molecule has 1 N–H and O–H groups in total. The van der Waals surface area contributed by atoms with Crippen LogP contribution in [0.5, 0.6) is 0 Å². The van der Waals surface area contributed by atoms with E-state index in [9.17, 15) is 13.2 Å². The summed E-state index contributed by atoms with van der Waals surface area (Å²) in [6.07, 6.45) is -4.33. The fourth-order valence-electron chi connectivity index (χ4n) is 1.77. The minimum Gasteiger partial charge on any atom is -0.315 e. The molecule has 8 heteroatoms. The minimum absolute atomic E-state index is 0. The van der Waals surface area contributed by atoms with E-state index in [1.807, 2.05) is 0 Å². The Morgan fingerprint density at radius 3 is 2.71 bits per heavy atom. The Hall–Kier alpha value is -0.820. The first-order chi connectivity index (χ1) is 7.56. The molecule has 0 unspecified atom stereocenters. The van der Waals surface area contributed by atoms with Gasteiger partial charge in [0.1, 0.15) is 11.6 Å². The molecule has 2 heterocycles. The zero-order valence-corrected chi connectivity index (χ0v) is 9.94. The predicted molar refractivity (Wildman–Crippen MR) is 58.2 cm³/mol. The van der Waals surface area contributed by atoms with E-state index in [1.54, 1.807) is 4.57 Å². The number of nitrogens with zero attached hydrogens (tertiary/aromatic N) is 3. The van der Waals surface area contributed by atoms with E-state index in [0.717, 1.165) is 25.3 Å². The number of rotatable bonds is 2. The van der Waals surface area contributed by atoms with Crippen LogP contribution in [-0.4, -0.2) is 34.0 Å². The summed E-state index contributed by atoms with van der Waals surface area (Å²) in [5.74, 6) is 1.22. The van der Waals surface area contributed by atoms with Crippen LogP contribution in [0.25, 0.3) is 0 Å². The topological polar surface area (TPSA) is 42.7 Å². The van der Waals surface area contributed by atoms with Crippen molar-refractivity contribution in [2.75, 3.05) is 13.1 Å². The van der Waals surface area contributed by atoms with Crippen molar-refractivity contribution in [1.29, 1.82) is 0 Å². The van der Waals surface area contributed by atoms with E-state index in [2.05, 4.69) is 15.5 Å². The van der Waals surface area contributed by atoms with Crippen molar-refractivity contribution in [2.24, 2.45) is 0 Å². The summed E-state index contributed by atoms with van der Waals surface area (Å²) in [6.45, 7) is 2.21. The molecule has 0 aliphatic carbocycles. The molecular weight excluding hydrogens is 257 g/mol. The highest BCUT2D eigenvalue weighted by molar-refractivity contribution is 5.85. The summed E-state index contributed by atoms with van der Waals surface area (Å²) in [5, 5.41) is 10.9. The van der Waals surface area contributed by atoms with Gasteiger partial charge in [-0.25, -0.2) is 0 Å². The van der Waals surface area contributed by atoms with Crippen LogP contribution in [0.15, 0.2) is 0 Å². The Morgan fingerprint density at radius 1 is 1.24 bits per heavy atom. The number of fused-ring (bicyclic) bond motifs is 1. The number of alkyl halides is 3. The average Bonchev–Trinajstić information content (AvgIpc) is 2.43. The maximum absolute atomic E-state index is 12.1. The van der Waals surface area contributed by atoms with Crippen LogP contribution in [-0.2, 0) is 19.4 Å². The molecule has 2 rings (SSSR count). The van der Waals surface area contributed by atoms with Crippen LogP contribution in [0.4, 0.5) is 13.2 Å². The summed E-state index contributed by atoms with van der Waals surface area (Å²) in [6, 6.07) is 0. The van der Waals surface area contributed by atoms with Crippen LogP contribution in [0.3, 0.4) is 0 Å². The molecule has 1 aliphatic rings. The van der Waals surface area contributed by atoms with Crippen molar-refractivity contribution in [1.82, 2.24) is 20.1 Å². The predicted octanol–water partition coefficient (Wildman–Crippen LogP) is 1.34. The Morgan fingerprint density at radius 2 is 2.00 bits per heavy atom. The highest BCUT2D eigenvalue weighted by Crippen LogP contribution is 2.21. The van der Waals surface area contributed by atoms with Gasteiger partial charge >= 0.3 is 6.18 Å². The lowest BCUT2D eigenvalue weighted by Crippen LogP contribution is -2.18. The van der Waals surface area contributed by atoms with Gasteiger partial charge in [-0.1, -0.05) is 0 Å². The molecule has 98 valence electrons. The van der Waals surface area contributed by atoms with Gasteiger partial charge in [-0.3, -0.25) is 0 Å². The molecule has 17 heavy (non-hydrogen) atoms. The van der Waals surface area contributed by atoms with E-state index < -0.39 is 12.6 Å². The van der Waals surface area contributed by atoms with E-state index in [0.29, 0.717) is 12.4 Å². The van der Waals surface area contributed by atoms with Crippen LogP contribution < -0.4 is 5.32 Å². The third-order valence-electron chi connectivity index (χ3n) is 2.57. The second-order valence-electron chi connectivity index (χ2n) is 3.80. The SMILES string of the molecule is Cl.FC(F)(F)CCc1nnc2n1CCNCC2. The standard InChI is InChI=1S/C9H13F3N4.ClH/c10-9(11,12)3-1-7-14-15-8-2-4-13-5-6-16(7)8;/h13H,1-6H2;1H. The molecule has 1 aromatic heterocycles. The number of halogens is 4. The van der Waals surface area contributed by atoms with E-state index in [-0.39, 0.29) is 18.8 Å². The van der Waals surface area contributed by atoms with Crippen LogP contribution in [0.2, 0.25) is 0 Å². The minimum atomic E-state index is -4.13. The molecule has 0 saturated carbocycles. The summed E-state index contributed by atoms with van der Waals surface area (Å²) in [7, 11) is 0. The van der Waals surface area contributed by atoms with Crippen LogP contribution in [0, 0.1) is 0 Å². The highest BCUT2D eigenvalue weighted by atomic mass is 35.5. The maximum atomic E-state index is 12.1. The van der Waals surface area contributed by atoms with E-state index in [4.69, 9.17) is 0 Å². The normalized spacial score (nSPS) is 15.9. The van der Waals surface area contributed by atoms with Gasteiger partial charge in [-0.05, 0) is 0 Å². The molecular formula is C9H14ClF3N4. The van der Waals surface area contributed by atoms with Crippen LogP contribution in [0.1, 0.15) is 18.1 Å². The lowest BCUT2D eigenvalue weighted by Gasteiger charge is -2.08. The number of hydrogen-bond acceptors (Lipinski definition) is 3. The number of aryl methyl sites for hydroxylation is 1. The first-order valence-electron chi connectivity index (χ1n) is 5.25. The zero-order chi connectivity index (χ0) is 11.6. The molecule has 0 amide bonds. The van der Waals surface area contributed by atoms with Gasteiger partial charge in [0.15, 0.2) is 0 Å². The highest BCUT2D eigenvalue weighted by Gasteiger charge is 2.28. The molecule has 0 atom stereocenters. The monoisotopic (exact) mass is 270 g/mol. The van der Waals surface area contributed by atoms with Gasteiger partial charge in [-0.2, -0.15) is 13.2 Å². The third-order valence-corrected chi connectivity index (χ3v) is 2.57. The Labute approximate surface area is 103 Å². The fraction of sp³-hybridized carbons (Fsp3) is 0.778. The lowest BCUT2D eigenvalue weighted by atomic mass is 10.3. The molecule has 1 aromatic rings. The quantitative estimate of drug-likeness (QED) is 0.882. The second kappa shape index (κ2) is 5.68. The van der Waals surface area contributed by atoms with Crippen molar-refractivity contribution in [2.45, 2.75) is 32.0 Å². The van der Waals surface area contributed by atoms with Crippen molar-refractivity contribution < 1.29 is 13.2 Å². The number of nitrogens with one attached hydrogen (secondary N) is 1. The Kier molecular flexibility index (Phi) is 4.76. The molecule has 0 aromatic carbocycles. The molecule has 4 nitrogen and oxygen atoms in total. The summed E-state index contributed by atoms with van der Waals surface area (Å²) in [4.78, 5) is 0. The molecule has 0 bridgehead atoms. The first kappa shape index (κ1) is 14.2. The maximum Gasteiger partial charge on any atom is 0.389 e. The van der Waals surface area contributed by atoms with Crippen LogP contribution >= 0.6 is 12.4 Å². The fourth-order valence-corrected chi connectivity index (χ4v) is 1.77. The zero-order valence-electron chi connectivity index (χ0n) is 9.13. The smallest absolute Gasteiger partial charge is 0.315 e. The average molecular weight is 271 g/mol. The van der Waals surface area contributed by atoms with E-state index >= 15 is 0 Å². The largest absolute Gasteiger partial charge is 0.389 e. The van der Waals surface area contributed by atoms with E-state index in [1.165, 1.54) is 0 Å². The number of hydrogen-bond donors (Lipinski definition) is 1. The first-order valence-corrected chi connectivity index (χ1v) is 5.25.